The van der Waals surface area contributed by atoms with Gasteiger partial charge in [0, 0.05) is 12.3 Å². The van der Waals surface area contributed by atoms with Gasteiger partial charge >= 0.3 is 12.0 Å². The fourth-order valence-electron chi connectivity index (χ4n) is 3.03. The molecule has 3 rings (SSSR count). The van der Waals surface area contributed by atoms with Crippen LogP contribution in [-0.2, 0) is 5.75 Å². The van der Waals surface area contributed by atoms with Crippen molar-refractivity contribution in [1.82, 2.24) is 14.6 Å². The van der Waals surface area contributed by atoms with Crippen LogP contribution in [0.25, 0.3) is 0 Å². The van der Waals surface area contributed by atoms with E-state index in [0.717, 1.165) is 43.2 Å². The largest absolute Gasteiger partial charge is 0.477 e. The molecule has 0 spiro atoms. The standard InChI is InChI=1S/C19H24N4O3S2/c24-18(25)15-16(21-19(26)20-9-6-12-23-10-4-5-11-23)28-22-17(15)27-13-14-7-2-1-3-8-14/h1-3,7-8H,4-6,9-13H2,(H,24,25)(H2,20,21,26). The number of carboxylic acids is 1. The first-order valence-electron chi connectivity index (χ1n) is 9.30. The third-order valence-electron chi connectivity index (χ3n) is 4.46. The predicted octanol–water partition coefficient (Wildman–Crippen LogP) is 3.74. The minimum atomic E-state index is -1.09. The summed E-state index contributed by atoms with van der Waals surface area (Å²) in [5, 5.41) is 15.7. The molecule has 7 nitrogen and oxygen atoms in total. The number of rotatable bonds is 9. The highest BCUT2D eigenvalue weighted by molar-refractivity contribution is 7.98. The van der Waals surface area contributed by atoms with Crippen LogP contribution in [0.15, 0.2) is 35.4 Å². The maximum Gasteiger partial charge on any atom is 0.341 e. The van der Waals surface area contributed by atoms with E-state index in [0.29, 0.717) is 17.3 Å². The normalized spacial score (nSPS) is 14.1. The molecule has 0 saturated carbocycles. The van der Waals surface area contributed by atoms with Crippen molar-refractivity contribution in [2.45, 2.75) is 30.0 Å². The third kappa shape index (κ3) is 5.95. The summed E-state index contributed by atoms with van der Waals surface area (Å²) in [6.07, 6.45) is 3.38. The molecule has 2 heterocycles. The summed E-state index contributed by atoms with van der Waals surface area (Å²) in [5.41, 5.74) is 1.14. The smallest absolute Gasteiger partial charge is 0.341 e. The third-order valence-corrected chi connectivity index (χ3v) is 6.38. The monoisotopic (exact) mass is 420 g/mol. The molecule has 1 aliphatic heterocycles. The second-order valence-corrected chi connectivity index (χ2v) is 8.29. The van der Waals surface area contributed by atoms with Gasteiger partial charge in [-0.15, -0.1) is 0 Å². The van der Waals surface area contributed by atoms with E-state index in [1.54, 1.807) is 0 Å². The molecule has 3 N–H and O–H groups in total. The highest BCUT2D eigenvalue weighted by atomic mass is 32.2. The van der Waals surface area contributed by atoms with Crippen LogP contribution in [0.2, 0.25) is 0 Å². The lowest BCUT2D eigenvalue weighted by molar-refractivity contribution is 0.0694. The maximum absolute atomic E-state index is 12.1. The molecule has 0 unspecified atom stereocenters. The van der Waals surface area contributed by atoms with E-state index in [4.69, 9.17) is 0 Å². The van der Waals surface area contributed by atoms with Crippen LogP contribution in [-0.4, -0.2) is 52.6 Å². The van der Waals surface area contributed by atoms with Gasteiger partial charge in [0.15, 0.2) is 0 Å². The lowest BCUT2D eigenvalue weighted by Gasteiger charge is -2.14. The number of carbonyl (C=O) groups excluding carboxylic acids is 1. The van der Waals surface area contributed by atoms with Crippen LogP contribution in [0.4, 0.5) is 9.80 Å². The van der Waals surface area contributed by atoms with Crippen molar-refractivity contribution >= 4 is 40.3 Å². The van der Waals surface area contributed by atoms with Crippen molar-refractivity contribution in [1.29, 1.82) is 0 Å². The molecule has 1 aromatic heterocycles. The molecule has 28 heavy (non-hydrogen) atoms. The first kappa shape index (κ1) is 20.6. The number of hydrogen-bond donors (Lipinski definition) is 3. The van der Waals surface area contributed by atoms with Crippen molar-refractivity contribution in [3.8, 4) is 0 Å². The van der Waals surface area contributed by atoms with E-state index < -0.39 is 12.0 Å². The molecule has 1 aliphatic rings. The topological polar surface area (TPSA) is 94.6 Å². The lowest BCUT2D eigenvalue weighted by atomic mass is 10.2. The zero-order valence-corrected chi connectivity index (χ0v) is 17.2. The first-order chi connectivity index (χ1) is 13.6. The number of likely N-dealkylation sites (tertiary alicyclic amines) is 1. The van der Waals surface area contributed by atoms with Crippen LogP contribution in [0.1, 0.15) is 35.2 Å². The van der Waals surface area contributed by atoms with Gasteiger partial charge in [0.05, 0.1) is 0 Å². The highest BCUT2D eigenvalue weighted by Gasteiger charge is 2.22. The van der Waals surface area contributed by atoms with Gasteiger partial charge in [0.2, 0.25) is 0 Å². The van der Waals surface area contributed by atoms with Gasteiger partial charge in [0.25, 0.3) is 0 Å². The molecule has 1 aromatic carbocycles. The Hall–Kier alpha value is -2.10. The number of carbonyl (C=O) groups is 2. The molecule has 0 atom stereocenters. The molecule has 9 heteroatoms. The number of nitrogens with zero attached hydrogens (tertiary/aromatic N) is 2. The number of urea groups is 1. The van der Waals surface area contributed by atoms with E-state index in [2.05, 4.69) is 19.9 Å². The number of thioether (sulfide) groups is 1. The second-order valence-electron chi connectivity index (χ2n) is 6.55. The van der Waals surface area contributed by atoms with E-state index in [9.17, 15) is 14.7 Å². The minimum Gasteiger partial charge on any atom is -0.477 e. The van der Waals surface area contributed by atoms with Gasteiger partial charge in [-0.05, 0) is 56.0 Å². The summed E-state index contributed by atoms with van der Waals surface area (Å²) in [7, 11) is 0. The molecule has 0 radical (unpaired) electrons. The van der Waals surface area contributed by atoms with E-state index in [1.165, 1.54) is 24.6 Å². The van der Waals surface area contributed by atoms with Gasteiger partial charge in [-0.1, -0.05) is 42.1 Å². The molecule has 2 amide bonds. The number of nitrogens with one attached hydrogen (secondary N) is 2. The van der Waals surface area contributed by atoms with E-state index >= 15 is 0 Å². The number of anilines is 1. The molecule has 1 saturated heterocycles. The Kier molecular flexibility index (Phi) is 7.70. The van der Waals surface area contributed by atoms with Crippen LogP contribution in [0, 0.1) is 0 Å². The zero-order valence-electron chi connectivity index (χ0n) is 15.5. The number of aromatic carboxylic acids is 1. The van der Waals surface area contributed by atoms with Gasteiger partial charge in [-0.2, -0.15) is 4.37 Å². The first-order valence-corrected chi connectivity index (χ1v) is 11.1. The molecule has 0 aliphatic carbocycles. The second kappa shape index (κ2) is 10.4. The number of aromatic nitrogens is 1. The van der Waals surface area contributed by atoms with E-state index in [-0.39, 0.29) is 10.6 Å². The van der Waals surface area contributed by atoms with Gasteiger partial charge in [-0.3, -0.25) is 5.32 Å². The van der Waals surface area contributed by atoms with Crippen molar-refractivity contribution in [2.75, 3.05) is 31.5 Å². The summed E-state index contributed by atoms with van der Waals surface area (Å²) in [4.78, 5) is 26.2. The van der Waals surface area contributed by atoms with Crippen molar-refractivity contribution in [2.24, 2.45) is 0 Å². The number of carboxylic acid groups (broad SMARTS) is 1. The summed E-state index contributed by atoms with van der Waals surface area (Å²) < 4.78 is 4.23. The molecular formula is C19H24N4O3S2. The van der Waals surface area contributed by atoms with Crippen LogP contribution < -0.4 is 10.6 Å². The Morgan fingerprint density at radius 3 is 2.68 bits per heavy atom. The number of benzene rings is 1. The quantitative estimate of drug-likeness (QED) is 0.423. The van der Waals surface area contributed by atoms with Gasteiger partial charge < -0.3 is 15.3 Å². The number of hydrogen-bond acceptors (Lipinski definition) is 6. The molecule has 0 bridgehead atoms. The fourth-order valence-corrected chi connectivity index (χ4v) is 4.93. The molecular weight excluding hydrogens is 396 g/mol. The van der Waals surface area contributed by atoms with Gasteiger partial charge in [-0.25, -0.2) is 9.59 Å². The van der Waals surface area contributed by atoms with Crippen molar-refractivity contribution < 1.29 is 14.7 Å². The Morgan fingerprint density at radius 1 is 1.21 bits per heavy atom. The highest BCUT2D eigenvalue weighted by Crippen LogP contribution is 2.33. The predicted molar refractivity (Wildman–Crippen MR) is 112 cm³/mol. The molecule has 150 valence electrons. The molecule has 2 aromatic rings. The molecule has 1 fully saturated rings. The lowest BCUT2D eigenvalue weighted by Crippen LogP contribution is -2.32. The van der Waals surface area contributed by atoms with Crippen LogP contribution in [0.3, 0.4) is 0 Å². The number of amides is 2. The minimum absolute atomic E-state index is 0.0538. The van der Waals surface area contributed by atoms with Crippen molar-refractivity contribution in [3.05, 3.63) is 41.5 Å². The maximum atomic E-state index is 12.1. The van der Waals surface area contributed by atoms with Crippen LogP contribution in [0.5, 0.6) is 0 Å². The average Bonchev–Trinajstić information content (AvgIpc) is 3.34. The Balaban J connectivity index is 1.50. The zero-order chi connectivity index (χ0) is 19.8. The average molecular weight is 421 g/mol. The van der Waals surface area contributed by atoms with Crippen LogP contribution >= 0.6 is 23.3 Å². The van der Waals surface area contributed by atoms with Crippen molar-refractivity contribution in [3.63, 3.8) is 0 Å². The fraction of sp³-hybridized carbons (Fsp3) is 0.421. The summed E-state index contributed by atoms with van der Waals surface area (Å²) in [6, 6.07) is 9.38. The Bertz CT molecular complexity index is 792. The Morgan fingerprint density at radius 2 is 1.96 bits per heavy atom. The SMILES string of the molecule is O=C(NCCCN1CCCC1)Nc1snc(SCc2ccccc2)c1C(=O)O. The van der Waals surface area contributed by atoms with Gasteiger partial charge in [0.1, 0.15) is 15.6 Å². The summed E-state index contributed by atoms with van der Waals surface area (Å²) in [6.45, 7) is 3.80. The Labute approximate surface area is 172 Å². The summed E-state index contributed by atoms with van der Waals surface area (Å²) >= 11 is 2.35. The van der Waals surface area contributed by atoms with E-state index in [1.807, 2.05) is 30.3 Å². The summed E-state index contributed by atoms with van der Waals surface area (Å²) in [5.74, 6) is -0.471.